The Morgan fingerprint density at radius 3 is 1.95 bits per heavy atom. The average molecular weight is 373 g/mol. The van der Waals surface area contributed by atoms with E-state index in [4.69, 9.17) is 58.0 Å². The number of benzene rings is 1. The van der Waals surface area contributed by atoms with Gasteiger partial charge in [0.2, 0.25) is 5.95 Å². The topological polar surface area (TPSA) is 30.0 Å². The second-order valence-electron chi connectivity index (χ2n) is 3.66. The van der Waals surface area contributed by atoms with E-state index in [1.54, 1.807) is 0 Å². The number of aldehydes is 1. The Morgan fingerprint density at radius 2 is 1.45 bits per heavy atom. The minimum absolute atomic E-state index is 0.00238. The number of aromatic nitrogens is 1. The maximum Gasteiger partial charge on any atom is 0.213 e. The van der Waals surface area contributed by atoms with Crippen LogP contribution in [0.3, 0.4) is 0 Å². The van der Waals surface area contributed by atoms with Crippen molar-refractivity contribution in [2.24, 2.45) is 0 Å². The van der Waals surface area contributed by atoms with Crippen molar-refractivity contribution in [3.63, 3.8) is 0 Å². The summed E-state index contributed by atoms with van der Waals surface area (Å²) in [4.78, 5) is 14.5. The fourth-order valence-electron chi connectivity index (χ4n) is 1.59. The van der Waals surface area contributed by atoms with E-state index < -0.39 is 5.95 Å². The highest BCUT2D eigenvalue weighted by molar-refractivity contribution is 6.56. The standard InChI is InChI=1S/C12H3Cl5FNO/c13-8-7(9(14)11(16)12(17)10(8)15)5-2-19-6(18)1-4(5)3-20/h1-3H. The van der Waals surface area contributed by atoms with Gasteiger partial charge in [-0.05, 0) is 0 Å². The van der Waals surface area contributed by atoms with Crippen molar-refractivity contribution in [3.05, 3.63) is 48.9 Å². The second-order valence-corrected chi connectivity index (χ2v) is 5.55. The van der Waals surface area contributed by atoms with Crippen LogP contribution in [0, 0.1) is 5.95 Å². The molecule has 0 bridgehead atoms. The molecular weight excluding hydrogens is 370 g/mol. The zero-order chi connectivity index (χ0) is 15.0. The lowest BCUT2D eigenvalue weighted by Gasteiger charge is -2.13. The van der Waals surface area contributed by atoms with Crippen molar-refractivity contribution in [3.8, 4) is 11.1 Å². The van der Waals surface area contributed by atoms with E-state index in [9.17, 15) is 9.18 Å². The molecule has 0 saturated carbocycles. The average Bonchev–Trinajstić information content (AvgIpc) is 2.44. The first kappa shape index (κ1) is 15.8. The van der Waals surface area contributed by atoms with Crippen molar-refractivity contribution >= 4 is 64.3 Å². The van der Waals surface area contributed by atoms with Crippen LogP contribution >= 0.6 is 58.0 Å². The Labute approximate surface area is 138 Å². The number of rotatable bonds is 2. The summed E-state index contributed by atoms with van der Waals surface area (Å²) in [6.45, 7) is 0. The van der Waals surface area contributed by atoms with Crippen LogP contribution in [0.15, 0.2) is 12.3 Å². The molecule has 0 aliphatic heterocycles. The summed E-state index contributed by atoms with van der Waals surface area (Å²) in [6, 6.07) is 0.950. The molecule has 0 spiro atoms. The van der Waals surface area contributed by atoms with Crippen LogP contribution in [0.25, 0.3) is 11.1 Å². The number of halogens is 6. The molecule has 104 valence electrons. The summed E-state index contributed by atoms with van der Waals surface area (Å²) in [6.07, 6.45) is 1.57. The predicted octanol–water partition coefficient (Wildman–Crippen LogP) is 5.97. The summed E-state index contributed by atoms with van der Waals surface area (Å²) in [7, 11) is 0. The first-order valence-corrected chi connectivity index (χ1v) is 6.90. The third-order valence-electron chi connectivity index (χ3n) is 2.51. The van der Waals surface area contributed by atoms with Gasteiger partial charge >= 0.3 is 0 Å². The van der Waals surface area contributed by atoms with Crippen molar-refractivity contribution < 1.29 is 9.18 Å². The van der Waals surface area contributed by atoms with Gasteiger partial charge in [-0.15, -0.1) is 0 Å². The molecule has 2 rings (SSSR count). The van der Waals surface area contributed by atoms with E-state index in [2.05, 4.69) is 4.98 Å². The lowest BCUT2D eigenvalue weighted by atomic mass is 10.0. The van der Waals surface area contributed by atoms with Crippen molar-refractivity contribution in [1.82, 2.24) is 4.98 Å². The van der Waals surface area contributed by atoms with Crippen molar-refractivity contribution in [2.75, 3.05) is 0 Å². The van der Waals surface area contributed by atoms with Crippen LogP contribution in [0.1, 0.15) is 10.4 Å². The number of carbonyl (C=O) groups excluding carboxylic acids is 1. The maximum atomic E-state index is 13.1. The van der Waals surface area contributed by atoms with Crippen LogP contribution in [-0.2, 0) is 0 Å². The molecule has 0 atom stereocenters. The van der Waals surface area contributed by atoms with Crippen LogP contribution in [0.5, 0.6) is 0 Å². The molecular formula is C12H3Cl5FNO. The molecule has 8 heteroatoms. The largest absolute Gasteiger partial charge is 0.298 e. The molecule has 0 radical (unpaired) electrons. The van der Waals surface area contributed by atoms with Gasteiger partial charge < -0.3 is 0 Å². The summed E-state index contributed by atoms with van der Waals surface area (Å²) >= 11 is 29.9. The van der Waals surface area contributed by atoms with Gasteiger partial charge in [0.05, 0.1) is 25.1 Å². The molecule has 0 amide bonds. The summed E-state index contributed by atoms with van der Waals surface area (Å²) in [5, 5.41) is -0.0298. The van der Waals surface area contributed by atoms with Crippen molar-refractivity contribution in [1.29, 1.82) is 0 Å². The first-order chi connectivity index (χ1) is 9.38. The van der Waals surface area contributed by atoms with Crippen LogP contribution in [0.4, 0.5) is 4.39 Å². The minimum Gasteiger partial charge on any atom is -0.298 e. The molecule has 0 aliphatic carbocycles. The normalized spacial score (nSPS) is 10.7. The van der Waals surface area contributed by atoms with E-state index in [1.165, 1.54) is 0 Å². The van der Waals surface area contributed by atoms with Gasteiger partial charge in [-0.3, -0.25) is 4.79 Å². The SMILES string of the molecule is O=Cc1cc(F)ncc1-c1c(Cl)c(Cl)c(Cl)c(Cl)c1Cl. The molecule has 0 aliphatic rings. The van der Waals surface area contributed by atoms with Gasteiger partial charge in [0.25, 0.3) is 0 Å². The van der Waals surface area contributed by atoms with E-state index >= 15 is 0 Å². The monoisotopic (exact) mass is 371 g/mol. The number of carbonyl (C=O) groups is 1. The second kappa shape index (κ2) is 6.04. The number of hydrogen-bond donors (Lipinski definition) is 0. The predicted molar refractivity (Wildman–Crippen MR) is 80.1 cm³/mol. The molecule has 2 aromatic rings. The van der Waals surface area contributed by atoms with Gasteiger partial charge in [0.15, 0.2) is 6.29 Å². The van der Waals surface area contributed by atoms with Crippen LogP contribution < -0.4 is 0 Å². The van der Waals surface area contributed by atoms with Gasteiger partial charge in [-0.2, -0.15) is 4.39 Å². The van der Waals surface area contributed by atoms with E-state index in [0.717, 1.165) is 12.3 Å². The van der Waals surface area contributed by atoms with E-state index in [0.29, 0.717) is 6.29 Å². The zero-order valence-electron chi connectivity index (χ0n) is 9.36. The Kier molecular flexibility index (Phi) is 4.77. The third-order valence-corrected chi connectivity index (χ3v) is 4.79. The Bertz CT molecular complexity index is 690. The fourth-order valence-corrected chi connectivity index (χ4v) is 2.93. The minimum atomic E-state index is -0.811. The highest BCUT2D eigenvalue weighted by Gasteiger charge is 2.22. The summed E-state index contributed by atoms with van der Waals surface area (Å²) in [5.74, 6) is -0.811. The molecule has 0 unspecified atom stereocenters. The molecule has 0 N–H and O–H groups in total. The third kappa shape index (κ3) is 2.61. The van der Waals surface area contributed by atoms with Gasteiger partial charge in [0, 0.05) is 29.0 Å². The van der Waals surface area contributed by atoms with Crippen LogP contribution in [0.2, 0.25) is 25.1 Å². The molecule has 0 fully saturated rings. The number of hydrogen-bond acceptors (Lipinski definition) is 2. The molecule has 20 heavy (non-hydrogen) atoms. The Balaban J connectivity index is 2.87. The molecule has 2 nitrogen and oxygen atoms in total. The first-order valence-electron chi connectivity index (χ1n) is 5.01. The van der Waals surface area contributed by atoms with E-state index in [1.807, 2.05) is 0 Å². The highest BCUT2D eigenvalue weighted by Crippen LogP contribution is 2.48. The number of nitrogens with zero attached hydrogens (tertiary/aromatic N) is 1. The lowest BCUT2D eigenvalue weighted by Crippen LogP contribution is -1.95. The smallest absolute Gasteiger partial charge is 0.213 e. The lowest BCUT2D eigenvalue weighted by molar-refractivity contribution is 0.112. The maximum absolute atomic E-state index is 13.1. The van der Waals surface area contributed by atoms with Crippen LogP contribution in [-0.4, -0.2) is 11.3 Å². The molecule has 0 saturated heterocycles. The fraction of sp³-hybridized carbons (Fsp3) is 0. The van der Waals surface area contributed by atoms with E-state index in [-0.39, 0.29) is 41.8 Å². The molecule has 1 heterocycles. The van der Waals surface area contributed by atoms with Gasteiger partial charge in [-0.25, -0.2) is 4.98 Å². The quantitative estimate of drug-likeness (QED) is 0.281. The Hall–Kier alpha value is -0.580. The molecule has 1 aromatic heterocycles. The summed E-state index contributed by atoms with van der Waals surface area (Å²) < 4.78 is 13.1. The summed E-state index contributed by atoms with van der Waals surface area (Å²) in [5.41, 5.74) is 0.384. The Morgan fingerprint density at radius 1 is 0.950 bits per heavy atom. The van der Waals surface area contributed by atoms with Crippen molar-refractivity contribution in [2.45, 2.75) is 0 Å². The zero-order valence-corrected chi connectivity index (χ0v) is 13.1. The molecule has 1 aromatic carbocycles. The van der Waals surface area contributed by atoms with Gasteiger partial charge in [0.1, 0.15) is 0 Å². The highest BCUT2D eigenvalue weighted by atomic mass is 35.5. The number of pyridine rings is 1. The van der Waals surface area contributed by atoms with Gasteiger partial charge in [-0.1, -0.05) is 58.0 Å².